The minimum absolute atomic E-state index is 0.116. The third-order valence-electron chi connectivity index (χ3n) is 3.35. The van der Waals surface area contributed by atoms with Crippen LogP contribution in [0.3, 0.4) is 0 Å². The molecule has 0 aromatic heterocycles. The Labute approximate surface area is 114 Å². The van der Waals surface area contributed by atoms with Crippen LogP contribution in [0.15, 0.2) is 0 Å². The van der Waals surface area contributed by atoms with Gasteiger partial charge in [0.05, 0.1) is 12.6 Å². The Morgan fingerprint density at radius 1 is 1.37 bits per heavy atom. The van der Waals surface area contributed by atoms with Crippen LogP contribution >= 0.6 is 0 Å². The second-order valence-electron chi connectivity index (χ2n) is 4.86. The van der Waals surface area contributed by atoms with Gasteiger partial charge in [0.2, 0.25) is 5.91 Å². The van der Waals surface area contributed by atoms with Gasteiger partial charge in [-0.25, -0.2) is 0 Å². The van der Waals surface area contributed by atoms with Gasteiger partial charge in [-0.1, -0.05) is 26.2 Å². The summed E-state index contributed by atoms with van der Waals surface area (Å²) in [7, 11) is 0. The van der Waals surface area contributed by atoms with E-state index in [4.69, 9.17) is 4.74 Å². The first-order chi connectivity index (χ1) is 9.10. The fourth-order valence-corrected chi connectivity index (χ4v) is 2.29. The zero-order valence-electron chi connectivity index (χ0n) is 11.7. The number of amides is 1. The highest BCUT2D eigenvalue weighted by Gasteiger charge is 2.36. The van der Waals surface area contributed by atoms with Crippen molar-refractivity contribution in [3.63, 3.8) is 0 Å². The number of Topliss-reactive ketones (excluding diaryl/α,β-unsaturated/α-hetero) is 1. The van der Waals surface area contributed by atoms with Crippen molar-refractivity contribution in [2.24, 2.45) is 5.92 Å². The van der Waals surface area contributed by atoms with E-state index in [1.165, 1.54) is 0 Å². The number of hydrogen-bond acceptors (Lipinski definition) is 4. The third kappa shape index (κ3) is 4.65. The number of carbonyl (C=O) groups is 3. The van der Waals surface area contributed by atoms with Crippen molar-refractivity contribution in [1.29, 1.82) is 0 Å². The van der Waals surface area contributed by atoms with Gasteiger partial charge in [-0.3, -0.25) is 14.4 Å². The van der Waals surface area contributed by atoms with Gasteiger partial charge in [-0.05, 0) is 19.8 Å². The quantitative estimate of drug-likeness (QED) is 0.412. The predicted molar refractivity (Wildman–Crippen MR) is 70.4 cm³/mol. The van der Waals surface area contributed by atoms with Gasteiger partial charge >= 0.3 is 5.97 Å². The standard InChI is InChI=1S/C14H23NO4/c1-3-5-6-7-10(14(18)19-4-2)13(17)11-8-9-12(16)15-11/h10-11H,3-9H2,1-2H3,(H,15,16)/t10?,11-/m0/s1. The molecule has 5 heteroatoms. The molecule has 2 atom stereocenters. The summed E-state index contributed by atoms with van der Waals surface area (Å²) in [4.78, 5) is 35.3. The van der Waals surface area contributed by atoms with Crippen molar-refractivity contribution in [1.82, 2.24) is 5.32 Å². The Balaban J connectivity index is 2.62. The molecule has 1 unspecified atom stereocenters. The molecule has 1 rings (SSSR count). The lowest BCUT2D eigenvalue weighted by Gasteiger charge is -2.18. The Morgan fingerprint density at radius 2 is 2.11 bits per heavy atom. The van der Waals surface area contributed by atoms with Gasteiger partial charge in [0.1, 0.15) is 5.92 Å². The van der Waals surface area contributed by atoms with E-state index in [1.807, 2.05) is 0 Å². The molecule has 0 spiro atoms. The summed E-state index contributed by atoms with van der Waals surface area (Å²) in [5.41, 5.74) is 0. The van der Waals surface area contributed by atoms with E-state index in [9.17, 15) is 14.4 Å². The minimum atomic E-state index is -0.727. The molecular weight excluding hydrogens is 246 g/mol. The second kappa shape index (κ2) is 7.92. The van der Waals surface area contributed by atoms with Gasteiger partial charge in [0.25, 0.3) is 0 Å². The fraction of sp³-hybridized carbons (Fsp3) is 0.786. The smallest absolute Gasteiger partial charge is 0.316 e. The van der Waals surface area contributed by atoms with Crippen LogP contribution in [0, 0.1) is 5.92 Å². The molecule has 5 nitrogen and oxygen atoms in total. The van der Waals surface area contributed by atoms with Crippen molar-refractivity contribution in [2.75, 3.05) is 6.61 Å². The van der Waals surface area contributed by atoms with E-state index in [0.29, 0.717) is 19.3 Å². The monoisotopic (exact) mass is 269 g/mol. The Morgan fingerprint density at radius 3 is 2.63 bits per heavy atom. The van der Waals surface area contributed by atoms with Crippen molar-refractivity contribution in [3.05, 3.63) is 0 Å². The van der Waals surface area contributed by atoms with E-state index in [2.05, 4.69) is 12.2 Å². The molecule has 108 valence electrons. The highest BCUT2D eigenvalue weighted by Crippen LogP contribution is 2.19. The molecule has 0 aliphatic carbocycles. The molecule has 1 heterocycles. The first-order valence-electron chi connectivity index (χ1n) is 7.09. The van der Waals surface area contributed by atoms with Crippen molar-refractivity contribution >= 4 is 17.7 Å². The largest absolute Gasteiger partial charge is 0.465 e. The first-order valence-corrected chi connectivity index (χ1v) is 7.09. The molecule has 1 N–H and O–H groups in total. The Kier molecular flexibility index (Phi) is 6.53. The summed E-state index contributed by atoms with van der Waals surface area (Å²) in [5.74, 6) is -1.49. The van der Waals surface area contributed by atoms with Crippen LogP contribution in [-0.2, 0) is 19.1 Å². The van der Waals surface area contributed by atoms with Crippen LogP contribution in [0.1, 0.15) is 52.4 Å². The number of ketones is 1. The van der Waals surface area contributed by atoms with Gasteiger partial charge in [-0.15, -0.1) is 0 Å². The molecular formula is C14H23NO4. The number of unbranched alkanes of at least 4 members (excludes halogenated alkanes) is 2. The topological polar surface area (TPSA) is 72.5 Å². The molecule has 0 aromatic carbocycles. The second-order valence-corrected chi connectivity index (χ2v) is 4.86. The van der Waals surface area contributed by atoms with E-state index < -0.39 is 17.9 Å². The molecule has 0 saturated carbocycles. The van der Waals surface area contributed by atoms with Crippen LogP contribution in [0.5, 0.6) is 0 Å². The van der Waals surface area contributed by atoms with Crippen LogP contribution in [0.2, 0.25) is 0 Å². The summed E-state index contributed by atoms with van der Waals surface area (Å²) in [6.07, 6.45) is 4.20. The highest BCUT2D eigenvalue weighted by atomic mass is 16.5. The molecule has 1 fully saturated rings. The molecule has 0 aromatic rings. The molecule has 0 radical (unpaired) electrons. The Hall–Kier alpha value is -1.39. The number of rotatable bonds is 8. The number of hydrogen-bond donors (Lipinski definition) is 1. The zero-order valence-corrected chi connectivity index (χ0v) is 11.7. The predicted octanol–water partition coefficient (Wildman–Crippen LogP) is 1.59. The van der Waals surface area contributed by atoms with Crippen molar-refractivity contribution < 1.29 is 19.1 Å². The normalized spacial score (nSPS) is 19.9. The highest BCUT2D eigenvalue weighted by molar-refractivity contribution is 6.04. The maximum atomic E-state index is 12.3. The summed E-state index contributed by atoms with van der Waals surface area (Å²) < 4.78 is 4.97. The lowest BCUT2D eigenvalue weighted by Crippen LogP contribution is -2.40. The van der Waals surface area contributed by atoms with E-state index in [0.717, 1.165) is 19.3 Å². The Bertz CT molecular complexity index is 340. The van der Waals surface area contributed by atoms with E-state index in [-0.39, 0.29) is 18.3 Å². The lowest BCUT2D eigenvalue weighted by molar-refractivity contribution is -0.152. The van der Waals surface area contributed by atoms with Crippen LogP contribution in [0.4, 0.5) is 0 Å². The van der Waals surface area contributed by atoms with E-state index in [1.54, 1.807) is 6.92 Å². The van der Waals surface area contributed by atoms with Gasteiger partial charge in [0.15, 0.2) is 5.78 Å². The molecule has 1 saturated heterocycles. The minimum Gasteiger partial charge on any atom is -0.465 e. The SMILES string of the molecule is CCCCCC(C(=O)OCC)C(=O)[C@@H]1CCC(=O)N1. The maximum Gasteiger partial charge on any atom is 0.316 e. The van der Waals surface area contributed by atoms with Crippen molar-refractivity contribution in [3.8, 4) is 0 Å². The van der Waals surface area contributed by atoms with Gasteiger partial charge < -0.3 is 10.1 Å². The number of ether oxygens (including phenoxy) is 1. The van der Waals surface area contributed by atoms with Crippen LogP contribution < -0.4 is 5.32 Å². The average molecular weight is 269 g/mol. The first kappa shape index (κ1) is 15.7. The summed E-state index contributed by atoms with van der Waals surface area (Å²) >= 11 is 0. The summed E-state index contributed by atoms with van der Waals surface area (Å²) in [6, 6.07) is -0.511. The van der Waals surface area contributed by atoms with Gasteiger partial charge in [0, 0.05) is 6.42 Å². The molecule has 1 aliphatic heterocycles. The molecule has 19 heavy (non-hydrogen) atoms. The van der Waals surface area contributed by atoms with Crippen LogP contribution in [0.25, 0.3) is 0 Å². The third-order valence-corrected chi connectivity index (χ3v) is 3.35. The molecule has 0 bridgehead atoms. The fourth-order valence-electron chi connectivity index (χ4n) is 2.29. The maximum absolute atomic E-state index is 12.3. The van der Waals surface area contributed by atoms with Crippen molar-refractivity contribution in [2.45, 2.75) is 58.4 Å². The number of nitrogens with one attached hydrogen (secondary N) is 1. The van der Waals surface area contributed by atoms with E-state index >= 15 is 0 Å². The van der Waals surface area contributed by atoms with Gasteiger partial charge in [-0.2, -0.15) is 0 Å². The zero-order chi connectivity index (χ0) is 14.3. The average Bonchev–Trinajstić information content (AvgIpc) is 2.81. The van der Waals surface area contributed by atoms with Crippen LogP contribution in [-0.4, -0.2) is 30.3 Å². The number of esters is 1. The summed E-state index contributed by atoms with van der Waals surface area (Å²) in [5, 5.41) is 2.63. The molecule has 1 aliphatic rings. The lowest BCUT2D eigenvalue weighted by atomic mass is 9.92. The number of carbonyl (C=O) groups excluding carboxylic acids is 3. The molecule has 1 amide bonds. The summed E-state index contributed by atoms with van der Waals surface area (Å²) in [6.45, 7) is 4.06.